The summed E-state index contributed by atoms with van der Waals surface area (Å²) in [6.45, 7) is 2.19. The van der Waals surface area contributed by atoms with Crippen molar-refractivity contribution in [3.05, 3.63) is 24.0 Å². The lowest BCUT2D eigenvalue weighted by Crippen LogP contribution is -2.39. The summed E-state index contributed by atoms with van der Waals surface area (Å²) in [5, 5.41) is 3.40. The topological polar surface area (TPSA) is 95.6 Å². The van der Waals surface area contributed by atoms with Crippen molar-refractivity contribution in [2.45, 2.75) is 43.2 Å². The highest BCUT2D eigenvalue weighted by molar-refractivity contribution is 7.92. The Morgan fingerprint density at radius 1 is 1.19 bits per heavy atom. The monoisotopic (exact) mass is 427 g/mol. The Kier molecular flexibility index (Phi) is 6.55. The number of nitrogens with zero attached hydrogens (tertiary/aromatic N) is 1. The SMILES string of the molecule is CCS(=O)(=O)Nc1ccc(S(=O)(=O)N2CCC3CCC(C2)N3)cc1F.Cl. The first kappa shape index (κ1) is 21.4. The van der Waals surface area contributed by atoms with Gasteiger partial charge in [0.15, 0.2) is 0 Å². The van der Waals surface area contributed by atoms with Gasteiger partial charge < -0.3 is 5.32 Å². The van der Waals surface area contributed by atoms with E-state index in [-0.39, 0.29) is 34.8 Å². The van der Waals surface area contributed by atoms with Crippen LogP contribution in [0.2, 0.25) is 0 Å². The summed E-state index contributed by atoms with van der Waals surface area (Å²) in [5.41, 5.74) is -0.252. The number of rotatable bonds is 5. The van der Waals surface area contributed by atoms with E-state index >= 15 is 0 Å². The minimum absolute atomic E-state index is 0. The predicted octanol–water partition coefficient (Wildman–Crippen LogP) is 1.52. The molecule has 2 N–H and O–H groups in total. The summed E-state index contributed by atoms with van der Waals surface area (Å²) in [4.78, 5) is -0.165. The molecule has 2 aliphatic heterocycles. The molecule has 2 unspecified atom stereocenters. The minimum atomic E-state index is -3.82. The molecule has 1 aromatic rings. The van der Waals surface area contributed by atoms with Crippen molar-refractivity contribution in [2.75, 3.05) is 23.6 Å². The summed E-state index contributed by atoms with van der Waals surface area (Å²) < 4.78 is 66.4. The van der Waals surface area contributed by atoms with Crippen LogP contribution in [-0.2, 0) is 20.0 Å². The van der Waals surface area contributed by atoms with Crippen LogP contribution in [0.4, 0.5) is 10.1 Å². The number of hydrogen-bond acceptors (Lipinski definition) is 5. The van der Waals surface area contributed by atoms with E-state index in [0.29, 0.717) is 19.1 Å². The van der Waals surface area contributed by atoms with Crippen LogP contribution in [0.5, 0.6) is 0 Å². The van der Waals surface area contributed by atoms with Crippen LogP contribution in [0.3, 0.4) is 0 Å². The van der Waals surface area contributed by atoms with E-state index in [1.807, 2.05) is 0 Å². The molecular formula is C15H23ClFN3O4S2. The maximum absolute atomic E-state index is 14.2. The molecule has 2 heterocycles. The highest BCUT2D eigenvalue weighted by Crippen LogP contribution is 2.27. The zero-order valence-corrected chi connectivity index (χ0v) is 16.8. The van der Waals surface area contributed by atoms with E-state index in [9.17, 15) is 21.2 Å². The van der Waals surface area contributed by atoms with Crippen LogP contribution in [0, 0.1) is 5.82 Å². The average Bonchev–Trinajstić information content (AvgIpc) is 2.87. The zero-order chi connectivity index (χ0) is 18.2. The molecule has 148 valence electrons. The van der Waals surface area contributed by atoms with E-state index < -0.39 is 25.9 Å². The molecule has 2 aliphatic rings. The van der Waals surface area contributed by atoms with Gasteiger partial charge in [0.2, 0.25) is 20.0 Å². The van der Waals surface area contributed by atoms with Crippen LogP contribution >= 0.6 is 12.4 Å². The first-order valence-corrected chi connectivity index (χ1v) is 11.4. The van der Waals surface area contributed by atoms with Gasteiger partial charge in [-0.3, -0.25) is 4.72 Å². The highest BCUT2D eigenvalue weighted by Gasteiger charge is 2.35. The van der Waals surface area contributed by atoms with Gasteiger partial charge in [0.25, 0.3) is 0 Å². The maximum Gasteiger partial charge on any atom is 0.243 e. The standard InChI is InChI=1S/C15H22FN3O4S2.ClH/c1-2-24(20,21)18-15-6-5-13(9-14(15)16)25(22,23)19-8-7-11-3-4-12(10-19)17-11;/h5-6,9,11-12,17-18H,2-4,7-8,10H2,1H3;1H. The Balaban J connectivity index is 0.00000243. The fraction of sp³-hybridized carbons (Fsp3) is 0.600. The van der Waals surface area contributed by atoms with Gasteiger partial charge in [-0.1, -0.05) is 0 Å². The Hall–Kier alpha value is -0.940. The van der Waals surface area contributed by atoms with E-state index in [1.165, 1.54) is 17.3 Å². The fourth-order valence-corrected chi connectivity index (χ4v) is 5.41. The predicted molar refractivity (Wildman–Crippen MR) is 100 cm³/mol. The van der Waals surface area contributed by atoms with Gasteiger partial charge in [-0.05, 0) is 44.4 Å². The fourth-order valence-electron chi connectivity index (χ4n) is 3.26. The van der Waals surface area contributed by atoms with Crippen LogP contribution in [0.15, 0.2) is 23.1 Å². The number of sulfonamides is 2. The van der Waals surface area contributed by atoms with Gasteiger partial charge in [0, 0.05) is 25.2 Å². The second kappa shape index (κ2) is 7.97. The molecular weight excluding hydrogens is 405 g/mol. The molecule has 2 atom stereocenters. The average molecular weight is 428 g/mol. The third-order valence-electron chi connectivity index (χ3n) is 4.71. The van der Waals surface area contributed by atoms with E-state index in [4.69, 9.17) is 0 Å². The number of fused-ring (bicyclic) bond motifs is 2. The van der Waals surface area contributed by atoms with Crippen LogP contribution in [-0.4, -0.2) is 52.1 Å². The Labute approximate surface area is 159 Å². The Morgan fingerprint density at radius 2 is 1.88 bits per heavy atom. The lowest BCUT2D eigenvalue weighted by atomic mass is 10.1. The summed E-state index contributed by atoms with van der Waals surface area (Å²) in [7, 11) is -7.45. The van der Waals surface area contributed by atoms with E-state index in [0.717, 1.165) is 31.4 Å². The quantitative estimate of drug-likeness (QED) is 0.742. The highest BCUT2D eigenvalue weighted by atomic mass is 35.5. The summed E-state index contributed by atoms with van der Waals surface area (Å²) in [5.74, 6) is -1.11. The van der Waals surface area contributed by atoms with E-state index in [1.54, 1.807) is 0 Å². The van der Waals surface area contributed by atoms with Crippen molar-refractivity contribution in [3.63, 3.8) is 0 Å². The molecule has 2 fully saturated rings. The number of hydrogen-bond donors (Lipinski definition) is 2. The third-order valence-corrected chi connectivity index (χ3v) is 7.86. The van der Waals surface area contributed by atoms with Gasteiger partial charge in [-0.15, -0.1) is 12.4 Å². The molecule has 3 rings (SSSR count). The number of nitrogens with one attached hydrogen (secondary N) is 2. The van der Waals surface area contributed by atoms with Gasteiger partial charge in [0.05, 0.1) is 16.3 Å². The molecule has 0 amide bonds. The second-order valence-corrected chi connectivity index (χ2v) is 10.4. The summed E-state index contributed by atoms with van der Waals surface area (Å²) in [6.07, 6.45) is 2.72. The van der Waals surface area contributed by atoms with Gasteiger partial charge in [-0.25, -0.2) is 21.2 Å². The van der Waals surface area contributed by atoms with Crippen molar-refractivity contribution in [3.8, 4) is 0 Å². The van der Waals surface area contributed by atoms with Crippen LogP contribution in [0.25, 0.3) is 0 Å². The van der Waals surface area contributed by atoms with Crippen molar-refractivity contribution in [1.82, 2.24) is 9.62 Å². The molecule has 2 bridgehead atoms. The van der Waals surface area contributed by atoms with Crippen molar-refractivity contribution >= 4 is 38.1 Å². The molecule has 0 saturated carbocycles. The Bertz CT molecular complexity index is 864. The minimum Gasteiger partial charge on any atom is -0.310 e. The van der Waals surface area contributed by atoms with Crippen molar-refractivity contribution in [2.24, 2.45) is 0 Å². The lowest BCUT2D eigenvalue weighted by molar-refractivity contribution is 0.383. The number of halogens is 2. The summed E-state index contributed by atoms with van der Waals surface area (Å²) >= 11 is 0. The van der Waals surface area contributed by atoms with Gasteiger partial charge >= 0.3 is 0 Å². The molecule has 1 aromatic carbocycles. The zero-order valence-electron chi connectivity index (χ0n) is 14.3. The molecule has 0 spiro atoms. The van der Waals surface area contributed by atoms with E-state index in [2.05, 4.69) is 10.0 Å². The number of benzene rings is 1. The lowest BCUT2D eigenvalue weighted by Gasteiger charge is -2.23. The molecule has 0 radical (unpaired) electrons. The number of anilines is 1. The van der Waals surface area contributed by atoms with Crippen molar-refractivity contribution < 1.29 is 21.2 Å². The molecule has 11 heteroatoms. The maximum atomic E-state index is 14.2. The molecule has 26 heavy (non-hydrogen) atoms. The summed E-state index contributed by atoms with van der Waals surface area (Å²) in [6, 6.07) is 3.73. The molecule has 7 nitrogen and oxygen atoms in total. The molecule has 0 aromatic heterocycles. The van der Waals surface area contributed by atoms with Gasteiger partial charge in [0.1, 0.15) is 5.82 Å². The molecule has 0 aliphatic carbocycles. The first-order valence-electron chi connectivity index (χ1n) is 8.27. The smallest absolute Gasteiger partial charge is 0.243 e. The second-order valence-electron chi connectivity index (χ2n) is 6.44. The Morgan fingerprint density at radius 3 is 2.54 bits per heavy atom. The van der Waals surface area contributed by atoms with Crippen LogP contribution in [0.1, 0.15) is 26.2 Å². The first-order chi connectivity index (χ1) is 11.7. The molecule has 2 saturated heterocycles. The normalized spacial score (nSPS) is 23.9. The van der Waals surface area contributed by atoms with Gasteiger partial charge in [-0.2, -0.15) is 4.31 Å². The largest absolute Gasteiger partial charge is 0.310 e. The van der Waals surface area contributed by atoms with Crippen LogP contribution < -0.4 is 10.0 Å². The third kappa shape index (κ3) is 4.48. The van der Waals surface area contributed by atoms with Crippen molar-refractivity contribution in [1.29, 1.82) is 0 Å².